The van der Waals surface area contributed by atoms with Gasteiger partial charge in [-0.25, -0.2) is 9.18 Å². The number of rotatable bonds is 5. The maximum Gasteiger partial charge on any atom is 0.341 e. The number of esters is 1. The third-order valence-electron chi connectivity index (χ3n) is 2.57. The Morgan fingerprint density at radius 2 is 2.12 bits per heavy atom. The van der Waals surface area contributed by atoms with Crippen molar-refractivity contribution in [3.8, 4) is 0 Å². The lowest BCUT2D eigenvalue weighted by molar-refractivity contribution is 0.0489. The summed E-state index contributed by atoms with van der Waals surface area (Å²) in [5, 5.41) is 0. The third kappa shape index (κ3) is 4.17. The second-order valence-electron chi connectivity index (χ2n) is 4.61. The first-order valence-corrected chi connectivity index (χ1v) is 5.94. The zero-order valence-corrected chi connectivity index (χ0v) is 10.6. The van der Waals surface area contributed by atoms with Crippen LogP contribution in [0.15, 0.2) is 18.2 Å². The predicted octanol–water partition coefficient (Wildman–Crippen LogP) is 3.73. The van der Waals surface area contributed by atoms with Gasteiger partial charge in [0.15, 0.2) is 0 Å². The minimum absolute atomic E-state index is 0.0227. The average molecular weight is 238 g/mol. The number of benzene rings is 1. The van der Waals surface area contributed by atoms with Crippen molar-refractivity contribution >= 4 is 5.97 Å². The van der Waals surface area contributed by atoms with E-state index in [0.29, 0.717) is 18.1 Å². The SMILES string of the molecule is Cc1cccc(C(=O)OCCCC(C)C)c1F. The Kier molecular flexibility index (Phi) is 5.13. The highest BCUT2D eigenvalue weighted by Gasteiger charge is 2.14. The molecule has 0 radical (unpaired) electrons. The smallest absolute Gasteiger partial charge is 0.341 e. The molecule has 0 atom stereocenters. The summed E-state index contributed by atoms with van der Waals surface area (Å²) >= 11 is 0. The minimum Gasteiger partial charge on any atom is -0.462 e. The van der Waals surface area contributed by atoms with Gasteiger partial charge in [0.2, 0.25) is 0 Å². The van der Waals surface area contributed by atoms with Crippen molar-refractivity contribution in [3.63, 3.8) is 0 Å². The van der Waals surface area contributed by atoms with Crippen LogP contribution in [-0.4, -0.2) is 12.6 Å². The van der Waals surface area contributed by atoms with E-state index in [-0.39, 0.29) is 5.56 Å². The van der Waals surface area contributed by atoms with Crippen molar-refractivity contribution in [1.29, 1.82) is 0 Å². The molecule has 1 aromatic carbocycles. The molecule has 94 valence electrons. The summed E-state index contributed by atoms with van der Waals surface area (Å²) in [6, 6.07) is 4.74. The molecule has 0 spiro atoms. The number of carbonyl (C=O) groups is 1. The predicted molar refractivity (Wildman–Crippen MR) is 65.5 cm³/mol. The van der Waals surface area contributed by atoms with E-state index in [2.05, 4.69) is 13.8 Å². The summed E-state index contributed by atoms with van der Waals surface area (Å²) in [6.45, 7) is 6.21. The van der Waals surface area contributed by atoms with Crippen LogP contribution in [0.2, 0.25) is 0 Å². The molecule has 0 aliphatic heterocycles. The van der Waals surface area contributed by atoms with Crippen LogP contribution in [-0.2, 0) is 4.74 Å². The van der Waals surface area contributed by atoms with Crippen LogP contribution in [0.5, 0.6) is 0 Å². The first kappa shape index (κ1) is 13.7. The van der Waals surface area contributed by atoms with Crippen LogP contribution in [0, 0.1) is 18.7 Å². The van der Waals surface area contributed by atoms with Gasteiger partial charge in [-0.15, -0.1) is 0 Å². The number of carbonyl (C=O) groups excluding carboxylic acids is 1. The quantitative estimate of drug-likeness (QED) is 0.577. The molecular weight excluding hydrogens is 219 g/mol. The lowest BCUT2D eigenvalue weighted by Crippen LogP contribution is -2.09. The average Bonchev–Trinajstić information content (AvgIpc) is 2.27. The van der Waals surface area contributed by atoms with E-state index in [1.807, 2.05) is 0 Å². The molecule has 0 bridgehead atoms. The lowest BCUT2D eigenvalue weighted by atomic mass is 10.1. The Balaban J connectivity index is 2.50. The fourth-order valence-corrected chi connectivity index (χ4v) is 1.54. The summed E-state index contributed by atoms with van der Waals surface area (Å²) in [7, 11) is 0. The lowest BCUT2D eigenvalue weighted by Gasteiger charge is -2.07. The number of hydrogen-bond acceptors (Lipinski definition) is 2. The molecule has 0 fully saturated rings. The van der Waals surface area contributed by atoms with Crippen LogP contribution in [0.4, 0.5) is 4.39 Å². The summed E-state index contributed by atoms with van der Waals surface area (Å²) in [5.74, 6) is -0.472. The summed E-state index contributed by atoms with van der Waals surface area (Å²) in [5.41, 5.74) is 0.483. The first-order chi connectivity index (χ1) is 8.02. The van der Waals surface area contributed by atoms with E-state index in [9.17, 15) is 9.18 Å². The molecule has 0 heterocycles. The van der Waals surface area contributed by atoms with Gasteiger partial charge < -0.3 is 4.74 Å². The fourth-order valence-electron chi connectivity index (χ4n) is 1.54. The van der Waals surface area contributed by atoms with Gasteiger partial charge in [0.05, 0.1) is 12.2 Å². The molecular formula is C14H19FO2. The van der Waals surface area contributed by atoms with Gasteiger partial charge in [0.1, 0.15) is 5.82 Å². The van der Waals surface area contributed by atoms with Crippen molar-refractivity contribution in [2.24, 2.45) is 5.92 Å². The van der Waals surface area contributed by atoms with E-state index in [4.69, 9.17) is 4.74 Å². The molecule has 0 saturated heterocycles. The van der Waals surface area contributed by atoms with E-state index in [1.54, 1.807) is 19.1 Å². The van der Waals surface area contributed by atoms with Gasteiger partial charge in [-0.3, -0.25) is 0 Å². The molecule has 1 rings (SSSR count). The molecule has 17 heavy (non-hydrogen) atoms. The number of hydrogen-bond donors (Lipinski definition) is 0. The van der Waals surface area contributed by atoms with Gasteiger partial charge in [-0.1, -0.05) is 26.0 Å². The molecule has 2 nitrogen and oxygen atoms in total. The molecule has 1 aromatic rings. The summed E-state index contributed by atoms with van der Waals surface area (Å²) in [4.78, 5) is 11.6. The van der Waals surface area contributed by atoms with Crippen molar-refractivity contribution in [2.45, 2.75) is 33.6 Å². The number of ether oxygens (including phenoxy) is 1. The Hall–Kier alpha value is -1.38. The largest absolute Gasteiger partial charge is 0.462 e. The van der Waals surface area contributed by atoms with Crippen molar-refractivity contribution in [1.82, 2.24) is 0 Å². The molecule has 0 unspecified atom stereocenters. The van der Waals surface area contributed by atoms with Crippen molar-refractivity contribution in [3.05, 3.63) is 35.1 Å². The number of halogens is 1. The van der Waals surface area contributed by atoms with Crippen LogP contribution < -0.4 is 0 Å². The molecule has 0 amide bonds. The molecule has 0 aliphatic carbocycles. The van der Waals surface area contributed by atoms with E-state index >= 15 is 0 Å². The highest BCUT2D eigenvalue weighted by Crippen LogP contribution is 2.13. The summed E-state index contributed by atoms with van der Waals surface area (Å²) in [6.07, 6.45) is 1.82. The fraction of sp³-hybridized carbons (Fsp3) is 0.500. The van der Waals surface area contributed by atoms with Crippen LogP contribution in [0.1, 0.15) is 42.6 Å². The maximum absolute atomic E-state index is 13.6. The second-order valence-corrected chi connectivity index (χ2v) is 4.61. The zero-order chi connectivity index (χ0) is 12.8. The standard InChI is InChI=1S/C14H19FO2/c1-10(2)6-5-9-17-14(16)12-8-4-7-11(3)13(12)15/h4,7-8,10H,5-6,9H2,1-3H3. The molecule has 0 aliphatic rings. The highest BCUT2D eigenvalue weighted by atomic mass is 19.1. The third-order valence-corrected chi connectivity index (χ3v) is 2.57. The summed E-state index contributed by atoms with van der Waals surface area (Å²) < 4.78 is 18.6. The van der Waals surface area contributed by atoms with Crippen LogP contribution >= 0.6 is 0 Å². The van der Waals surface area contributed by atoms with E-state index in [0.717, 1.165) is 12.8 Å². The first-order valence-electron chi connectivity index (χ1n) is 5.94. The Labute approximate surface area is 102 Å². The van der Waals surface area contributed by atoms with E-state index < -0.39 is 11.8 Å². The van der Waals surface area contributed by atoms with Crippen molar-refractivity contribution < 1.29 is 13.9 Å². The second kappa shape index (κ2) is 6.38. The van der Waals surface area contributed by atoms with Gasteiger partial charge in [0.25, 0.3) is 0 Å². The van der Waals surface area contributed by atoms with E-state index in [1.165, 1.54) is 6.07 Å². The monoisotopic (exact) mass is 238 g/mol. The Bertz CT molecular complexity index is 386. The van der Waals surface area contributed by atoms with Crippen molar-refractivity contribution in [2.75, 3.05) is 6.61 Å². The maximum atomic E-state index is 13.6. The van der Waals surface area contributed by atoms with Crippen LogP contribution in [0.3, 0.4) is 0 Å². The topological polar surface area (TPSA) is 26.3 Å². The zero-order valence-electron chi connectivity index (χ0n) is 10.6. The van der Waals surface area contributed by atoms with Gasteiger partial charge in [0, 0.05) is 0 Å². The highest BCUT2D eigenvalue weighted by molar-refractivity contribution is 5.89. The van der Waals surface area contributed by atoms with Gasteiger partial charge in [-0.05, 0) is 37.3 Å². The molecule has 3 heteroatoms. The minimum atomic E-state index is -0.574. The van der Waals surface area contributed by atoms with Gasteiger partial charge in [-0.2, -0.15) is 0 Å². The van der Waals surface area contributed by atoms with Crippen LogP contribution in [0.25, 0.3) is 0 Å². The Morgan fingerprint density at radius 1 is 1.41 bits per heavy atom. The Morgan fingerprint density at radius 3 is 2.76 bits per heavy atom. The normalized spacial score (nSPS) is 10.6. The molecule has 0 aromatic heterocycles. The molecule has 0 saturated carbocycles. The van der Waals surface area contributed by atoms with Gasteiger partial charge >= 0.3 is 5.97 Å². The molecule has 0 N–H and O–H groups in total. The number of aryl methyl sites for hydroxylation is 1.